The van der Waals surface area contributed by atoms with Gasteiger partial charge in [0.1, 0.15) is 0 Å². The molecule has 2 unspecified atom stereocenters. The number of hydrogen-bond acceptors (Lipinski definition) is 2. The van der Waals surface area contributed by atoms with Crippen molar-refractivity contribution in [2.45, 2.75) is 66.8 Å². The Labute approximate surface area is 114 Å². The van der Waals surface area contributed by atoms with Crippen molar-refractivity contribution in [1.29, 1.82) is 0 Å². The third-order valence-electron chi connectivity index (χ3n) is 4.71. The van der Waals surface area contributed by atoms with Crippen molar-refractivity contribution >= 4 is 0 Å². The molecule has 0 aromatic carbocycles. The average molecular weight is 254 g/mol. The summed E-state index contributed by atoms with van der Waals surface area (Å²) in [4.78, 5) is 2.67. The fourth-order valence-corrected chi connectivity index (χ4v) is 3.55. The number of nitrogens with zero attached hydrogens (tertiary/aromatic N) is 1. The molecule has 0 aliphatic heterocycles. The SMILES string of the molecule is CCN(CC(C)(C)CN)C1CCC(C)(C)CC1C. The summed E-state index contributed by atoms with van der Waals surface area (Å²) in [5.74, 6) is 0.808. The van der Waals surface area contributed by atoms with Crippen molar-refractivity contribution < 1.29 is 0 Å². The van der Waals surface area contributed by atoms with E-state index in [0.717, 1.165) is 31.6 Å². The third-order valence-corrected chi connectivity index (χ3v) is 4.71. The normalized spacial score (nSPS) is 28.7. The minimum absolute atomic E-state index is 0.239. The Balaban J connectivity index is 2.66. The van der Waals surface area contributed by atoms with Gasteiger partial charge in [0, 0.05) is 12.6 Å². The molecule has 0 spiro atoms. The first-order valence-electron chi connectivity index (χ1n) is 7.65. The first-order chi connectivity index (χ1) is 8.21. The van der Waals surface area contributed by atoms with Gasteiger partial charge in [0.25, 0.3) is 0 Å². The summed E-state index contributed by atoms with van der Waals surface area (Å²) in [5, 5.41) is 0. The lowest BCUT2D eigenvalue weighted by molar-refractivity contribution is 0.0416. The van der Waals surface area contributed by atoms with E-state index in [1.54, 1.807) is 0 Å². The van der Waals surface area contributed by atoms with Gasteiger partial charge in [-0.1, -0.05) is 41.5 Å². The standard InChI is InChI=1S/C16H34N2/c1-7-18(12-16(5,6)11-17)14-8-9-15(3,4)10-13(14)2/h13-14H,7-12,17H2,1-6H3. The van der Waals surface area contributed by atoms with E-state index >= 15 is 0 Å². The predicted octanol–water partition coefficient (Wildman–Crippen LogP) is 3.51. The van der Waals surface area contributed by atoms with Crippen LogP contribution < -0.4 is 5.73 Å². The van der Waals surface area contributed by atoms with Crippen LogP contribution in [0.1, 0.15) is 60.8 Å². The van der Waals surface area contributed by atoms with Gasteiger partial charge in [0.2, 0.25) is 0 Å². The highest BCUT2D eigenvalue weighted by atomic mass is 15.2. The molecule has 0 saturated heterocycles. The van der Waals surface area contributed by atoms with Gasteiger partial charge in [0.15, 0.2) is 0 Å². The molecule has 0 bridgehead atoms. The lowest BCUT2D eigenvalue weighted by atomic mass is 9.70. The first-order valence-corrected chi connectivity index (χ1v) is 7.65. The van der Waals surface area contributed by atoms with Crippen molar-refractivity contribution in [3.63, 3.8) is 0 Å². The molecule has 0 heterocycles. The van der Waals surface area contributed by atoms with Crippen molar-refractivity contribution in [2.75, 3.05) is 19.6 Å². The highest BCUT2D eigenvalue weighted by Crippen LogP contribution is 2.40. The summed E-state index contributed by atoms with van der Waals surface area (Å²) in [5.41, 5.74) is 6.67. The van der Waals surface area contributed by atoms with E-state index < -0.39 is 0 Å². The molecule has 2 N–H and O–H groups in total. The van der Waals surface area contributed by atoms with Crippen molar-refractivity contribution in [2.24, 2.45) is 22.5 Å². The summed E-state index contributed by atoms with van der Waals surface area (Å²) >= 11 is 0. The van der Waals surface area contributed by atoms with Gasteiger partial charge in [-0.3, -0.25) is 4.90 Å². The van der Waals surface area contributed by atoms with E-state index in [2.05, 4.69) is 46.4 Å². The van der Waals surface area contributed by atoms with Gasteiger partial charge < -0.3 is 5.73 Å². The van der Waals surface area contributed by atoms with E-state index in [-0.39, 0.29) is 5.41 Å². The van der Waals surface area contributed by atoms with E-state index in [0.29, 0.717) is 5.41 Å². The summed E-state index contributed by atoms with van der Waals surface area (Å²) in [6.45, 7) is 17.2. The maximum atomic E-state index is 5.89. The predicted molar refractivity (Wildman–Crippen MR) is 80.7 cm³/mol. The Morgan fingerprint density at radius 1 is 1.33 bits per heavy atom. The van der Waals surface area contributed by atoms with E-state index in [1.165, 1.54) is 19.3 Å². The molecule has 2 nitrogen and oxygen atoms in total. The smallest absolute Gasteiger partial charge is 0.0121 e. The zero-order valence-electron chi connectivity index (χ0n) is 13.4. The van der Waals surface area contributed by atoms with Crippen molar-refractivity contribution in [1.82, 2.24) is 4.90 Å². The Morgan fingerprint density at radius 2 is 1.94 bits per heavy atom. The molecule has 18 heavy (non-hydrogen) atoms. The molecule has 108 valence electrons. The maximum absolute atomic E-state index is 5.89. The molecule has 0 aromatic rings. The van der Waals surface area contributed by atoms with Crippen LogP contribution in [0.2, 0.25) is 0 Å². The molecule has 0 amide bonds. The maximum Gasteiger partial charge on any atom is 0.0121 e. The summed E-state index contributed by atoms with van der Waals surface area (Å²) < 4.78 is 0. The number of rotatable bonds is 5. The molecule has 1 saturated carbocycles. The molecule has 1 fully saturated rings. The lowest BCUT2D eigenvalue weighted by Gasteiger charge is -2.46. The molecular weight excluding hydrogens is 220 g/mol. The van der Waals surface area contributed by atoms with Crippen molar-refractivity contribution in [3.05, 3.63) is 0 Å². The van der Waals surface area contributed by atoms with Crippen LogP contribution in [0, 0.1) is 16.7 Å². The van der Waals surface area contributed by atoms with Gasteiger partial charge >= 0.3 is 0 Å². The molecule has 1 rings (SSSR count). The third kappa shape index (κ3) is 4.24. The van der Waals surface area contributed by atoms with E-state index in [1.807, 2.05) is 0 Å². The first kappa shape index (κ1) is 16.0. The minimum Gasteiger partial charge on any atom is -0.330 e. The topological polar surface area (TPSA) is 29.3 Å². The highest BCUT2D eigenvalue weighted by Gasteiger charge is 2.36. The van der Waals surface area contributed by atoms with Crippen LogP contribution in [0.5, 0.6) is 0 Å². The number of hydrogen-bond donors (Lipinski definition) is 1. The number of nitrogens with two attached hydrogens (primary N) is 1. The van der Waals surface area contributed by atoms with Crippen LogP contribution in [0.3, 0.4) is 0 Å². The Morgan fingerprint density at radius 3 is 2.39 bits per heavy atom. The molecule has 2 heteroatoms. The summed E-state index contributed by atoms with van der Waals surface area (Å²) in [6, 6.07) is 0.758. The zero-order valence-corrected chi connectivity index (χ0v) is 13.4. The molecule has 1 aliphatic rings. The van der Waals surface area contributed by atoms with Crippen LogP contribution in [-0.2, 0) is 0 Å². The quantitative estimate of drug-likeness (QED) is 0.813. The molecule has 0 aromatic heterocycles. The Bertz CT molecular complexity index is 258. The lowest BCUT2D eigenvalue weighted by Crippen LogP contribution is -2.49. The summed E-state index contributed by atoms with van der Waals surface area (Å²) in [7, 11) is 0. The molecule has 2 atom stereocenters. The zero-order chi connectivity index (χ0) is 14.0. The second kappa shape index (κ2) is 5.92. The fraction of sp³-hybridized carbons (Fsp3) is 1.00. The minimum atomic E-state index is 0.239. The van der Waals surface area contributed by atoms with Gasteiger partial charge in [-0.25, -0.2) is 0 Å². The largest absolute Gasteiger partial charge is 0.330 e. The van der Waals surface area contributed by atoms with E-state index in [9.17, 15) is 0 Å². The van der Waals surface area contributed by atoms with Crippen LogP contribution in [0.4, 0.5) is 0 Å². The van der Waals surface area contributed by atoms with Gasteiger partial charge in [-0.15, -0.1) is 0 Å². The molecule has 1 aliphatic carbocycles. The van der Waals surface area contributed by atoms with Gasteiger partial charge in [0.05, 0.1) is 0 Å². The summed E-state index contributed by atoms with van der Waals surface area (Å²) in [6.07, 6.45) is 4.07. The van der Waals surface area contributed by atoms with Gasteiger partial charge in [-0.05, 0) is 49.1 Å². The highest BCUT2D eigenvalue weighted by molar-refractivity contribution is 4.89. The Kier molecular flexibility index (Phi) is 5.25. The average Bonchev–Trinajstić information content (AvgIpc) is 2.25. The second-order valence-electron chi connectivity index (χ2n) is 7.88. The molecule has 0 radical (unpaired) electrons. The van der Waals surface area contributed by atoms with Crippen LogP contribution >= 0.6 is 0 Å². The monoisotopic (exact) mass is 254 g/mol. The van der Waals surface area contributed by atoms with Crippen molar-refractivity contribution in [3.8, 4) is 0 Å². The fourth-order valence-electron chi connectivity index (χ4n) is 3.55. The van der Waals surface area contributed by atoms with Gasteiger partial charge in [-0.2, -0.15) is 0 Å². The van der Waals surface area contributed by atoms with Crippen LogP contribution in [-0.4, -0.2) is 30.6 Å². The van der Waals surface area contributed by atoms with Crippen LogP contribution in [0.15, 0.2) is 0 Å². The molecular formula is C16H34N2. The van der Waals surface area contributed by atoms with E-state index in [4.69, 9.17) is 5.73 Å². The van der Waals surface area contributed by atoms with Crippen LogP contribution in [0.25, 0.3) is 0 Å². The Hall–Kier alpha value is -0.0800. The second-order valence-corrected chi connectivity index (χ2v) is 7.88.